The van der Waals surface area contributed by atoms with Gasteiger partial charge >= 0.3 is 0 Å². The van der Waals surface area contributed by atoms with Crippen LogP contribution >= 0.6 is 27.5 Å². The molecule has 0 amide bonds. The summed E-state index contributed by atoms with van der Waals surface area (Å²) in [5, 5.41) is 11.4. The maximum absolute atomic E-state index is 10.6. The maximum Gasteiger partial charge on any atom is 0.274 e. The molecule has 0 aliphatic heterocycles. The van der Waals surface area contributed by atoms with E-state index in [0.29, 0.717) is 15.9 Å². The van der Waals surface area contributed by atoms with Crippen LogP contribution < -0.4 is 0 Å². The van der Waals surface area contributed by atoms with E-state index in [9.17, 15) is 10.1 Å². The van der Waals surface area contributed by atoms with E-state index < -0.39 is 4.92 Å². The maximum atomic E-state index is 10.6. The zero-order chi connectivity index (χ0) is 10.0. The largest absolute Gasteiger partial charge is 0.274 e. The van der Waals surface area contributed by atoms with Crippen LogP contribution in [-0.2, 0) is 5.33 Å². The van der Waals surface area contributed by atoms with Gasteiger partial charge in [0.15, 0.2) is 0 Å². The summed E-state index contributed by atoms with van der Waals surface area (Å²) >= 11 is 9.08. The molecule has 0 aromatic heterocycles. The highest BCUT2D eigenvalue weighted by Gasteiger charge is 2.16. The molecule has 13 heavy (non-hydrogen) atoms. The molecule has 0 fully saturated rings. The molecule has 0 N–H and O–H groups in total. The lowest BCUT2D eigenvalue weighted by Crippen LogP contribution is -1.95. The number of benzene rings is 1. The molecule has 3 nitrogen and oxygen atoms in total. The Bertz CT molecular complexity index is 354. The van der Waals surface area contributed by atoms with Crippen molar-refractivity contribution in [3.8, 4) is 0 Å². The fourth-order valence-corrected chi connectivity index (χ4v) is 1.98. The number of aryl methyl sites for hydroxylation is 1. The highest BCUT2D eigenvalue weighted by Crippen LogP contribution is 2.30. The molecule has 0 atom stereocenters. The molecule has 0 saturated heterocycles. The van der Waals surface area contributed by atoms with Crippen LogP contribution in [0.25, 0.3) is 0 Å². The summed E-state index contributed by atoms with van der Waals surface area (Å²) in [6.45, 7) is 1.82. The van der Waals surface area contributed by atoms with Crippen LogP contribution in [0, 0.1) is 17.0 Å². The van der Waals surface area contributed by atoms with Gasteiger partial charge in [0.25, 0.3) is 5.69 Å². The van der Waals surface area contributed by atoms with Crippen molar-refractivity contribution in [1.29, 1.82) is 0 Å². The van der Waals surface area contributed by atoms with Crippen molar-refractivity contribution in [2.45, 2.75) is 12.3 Å². The fourth-order valence-electron chi connectivity index (χ4n) is 1.03. The molecule has 1 aromatic carbocycles. The third-order valence-electron chi connectivity index (χ3n) is 1.74. The number of nitrogens with zero attached hydrogens (tertiary/aromatic N) is 1. The highest BCUT2D eigenvalue weighted by molar-refractivity contribution is 9.08. The standard InChI is InChI=1S/C8H7BrClNO2/c1-5-2-3-7(11(12)13)6(4-9)8(5)10/h2-3H,4H2,1H3. The first-order chi connectivity index (χ1) is 6.07. The molecule has 70 valence electrons. The van der Waals surface area contributed by atoms with Gasteiger partial charge in [0.2, 0.25) is 0 Å². The molecule has 0 radical (unpaired) electrons. The van der Waals surface area contributed by atoms with Gasteiger partial charge in [-0.2, -0.15) is 0 Å². The first-order valence-electron chi connectivity index (χ1n) is 3.56. The van der Waals surface area contributed by atoms with Gasteiger partial charge in [-0.15, -0.1) is 0 Å². The molecule has 1 aromatic rings. The Morgan fingerprint density at radius 2 is 2.23 bits per heavy atom. The van der Waals surface area contributed by atoms with Crippen molar-refractivity contribution in [3.63, 3.8) is 0 Å². The van der Waals surface area contributed by atoms with Crippen LogP contribution in [-0.4, -0.2) is 4.92 Å². The van der Waals surface area contributed by atoms with Crippen molar-refractivity contribution < 1.29 is 4.92 Å². The lowest BCUT2D eigenvalue weighted by atomic mass is 10.1. The molecular formula is C8H7BrClNO2. The summed E-state index contributed by atoms with van der Waals surface area (Å²) in [6, 6.07) is 3.12. The summed E-state index contributed by atoms with van der Waals surface area (Å²) in [5.41, 5.74) is 1.45. The van der Waals surface area contributed by atoms with Gasteiger partial charge in [-0.05, 0) is 12.5 Å². The van der Waals surface area contributed by atoms with E-state index in [1.807, 2.05) is 6.92 Å². The van der Waals surface area contributed by atoms with Gasteiger partial charge in [0.05, 0.1) is 15.5 Å². The summed E-state index contributed by atoms with van der Waals surface area (Å²) < 4.78 is 0. The number of nitro benzene ring substituents is 1. The van der Waals surface area contributed by atoms with Crippen molar-refractivity contribution in [1.82, 2.24) is 0 Å². The Hall–Kier alpha value is -0.610. The van der Waals surface area contributed by atoms with Crippen molar-refractivity contribution in [2.24, 2.45) is 0 Å². The zero-order valence-electron chi connectivity index (χ0n) is 6.88. The Labute approximate surface area is 89.0 Å². The molecule has 1 rings (SSSR count). The van der Waals surface area contributed by atoms with E-state index in [4.69, 9.17) is 11.6 Å². The second kappa shape index (κ2) is 4.07. The monoisotopic (exact) mass is 263 g/mol. The van der Waals surface area contributed by atoms with Gasteiger partial charge < -0.3 is 0 Å². The molecule has 0 bridgehead atoms. The average molecular weight is 265 g/mol. The number of rotatable bonds is 2. The van der Waals surface area contributed by atoms with Crippen LogP contribution in [0.2, 0.25) is 5.02 Å². The smallest absolute Gasteiger partial charge is 0.258 e. The Kier molecular flexibility index (Phi) is 3.27. The SMILES string of the molecule is Cc1ccc([N+](=O)[O-])c(CBr)c1Cl. The van der Waals surface area contributed by atoms with E-state index in [-0.39, 0.29) is 5.69 Å². The lowest BCUT2D eigenvalue weighted by molar-refractivity contribution is -0.385. The zero-order valence-corrected chi connectivity index (χ0v) is 9.22. The van der Waals surface area contributed by atoms with Crippen molar-refractivity contribution in [3.05, 3.63) is 38.4 Å². The van der Waals surface area contributed by atoms with E-state index in [0.717, 1.165) is 5.56 Å². The van der Waals surface area contributed by atoms with Crippen LogP contribution in [0.15, 0.2) is 12.1 Å². The molecular weight excluding hydrogens is 257 g/mol. The second-order valence-corrected chi connectivity index (χ2v) is 3.52. The molecule has 0 aliphatic carbocycles. The number of hydrogen-bond acceptors (Lipinski definition) is 2. The second-order valence-electron chi connectivity index (χ2n) is 2.58. The van der Waals surface area contributed by atoms with E-state index in [2.05, 4.69) is 15.9 Å². The molecule has 5 heteroatoms. The molecule has 0 heterocycles. The number of hydrogen-bond donors (Lipinski definition) is 0. The van der Waals surface area contributed by atoms with Gasteiger partial charge in [-0.3, -0.25) is 10.1 Å². The predicted octanol–water partition coefficient (Wildman–Crippen LogP) is 3.45. The normalized spacial score (nSPS) is 10.1. The number of halogens is 2. The van der Waals surface area contributed by atoms with Crippen LogP contribution in [0.1, 0.15) is 11.1 Å². The summed E-state index contributed by atoms with van der Waals surface area (Å²) in [7, 11) is 0. The van der Waals surface area contributed by atoms with Crippen molar-refractivity contribution >= 4 is 33.2 Å². The third kappa shape index (κ3) is 2.00. The Morgan fingerprint density at radius 1 is 1.62 bits per heavy atom. The lowest BCUT2D eigenvalue weighted by Gasteiger charge is -2.04. The highest BCUT2D eigenvalue weighted by atomic mass is 79.9. The minimum atomic E-state index is -0.429. The van der Waals surface area contributed by atoms with E-state index in [1.54, 1.807) is 6.07 Å². The number of nitro groups is 1. The Morgan fingerprint density at radius 3 is 2.69 bits per heavy atom. The molecule has 0 aliphatic rings. The summed E-state index contributed by atoms with van der Waals surface area (Å²) in [6.07, 6.45) is 0. The van der Waals surface area contributed by atoms with Gasteiger partial charge in [0, 0.05) is 11.4 Å². The Balaban J connectivity index is 3.38. The van der Waals surface area contributed by atoms with Crippen molar-refractivity contribution in [2.75, 3.05) is 0 Å². The minimum Gasteiger partial charge on any atom is -0.258 e. The quantitative estimate of drug-likeness (QED) is 0.466. The first-order valence-corrected chi connectivity index (χ1v) is 5.06. The molecule has 0 unspecified atom stereocenters. The average Bonchev–Trinajstić information content (AvgIpc) is 2.09. The minimum absolute atomic E-state index is 0.0625. The topological polar surface area (TPSA) is 43.1 Å². The van der Waals surface area contributed by atoms with E-state index in [1.165, 1.54) is 6.07 Å². The predicted molar refractivity (Wildman–Crippen MR) is 55.5 cm³/mol. The third-order valence-corrected chi connectivity index (χ3v) is 2.83. The fraction of sp³-hybridized carbons (Fsp3) is 0.250. The van der Waals surface area contributed by atoms with Gasteiger partial charge in [-0.1, -0.05) is 33.6 Å². The van der Waals surface area contributed by atoms with Crippen LogP contribution in [0.4, 0.5) is 5.69 Å². The number of alkyl halides is 1. The van der Waals surface area contributed by atoms with Gasteiger partial charge in [0.1, 0.15) is 0 Å². The van der Waals surface area contributed by atoms with Gasteiger partial charge in [-0.25, -0.2) is 0 Å². The van der Waals surface area contributed by atoms with Crippen LogP contribution in [0.5, 0.6) is 0 Å². The summed E-state index contributed by atoms with van der Waals surface area (Å²) in [5.74, 6) is 0. The summed E-state index contributed by atoms with van der Waals surface area (Å²) in [4.78, 5) is 10.1. The molecule has 0 spiro atoms. The first kappa shape index (κ1) is 10.5. The van der Waals surface area contributed by atoms with Crippen LogP contribution in [0.3, 0.4) is 0 Å². The van der Waals surface area contributed by atoms with E-state index >= 15 is 0 Å². The molecule has 0 saturated carbocycles.